The lowest BCUT2D eigenvalue weighted by Gasteiger charge is -2.28. The highest BCUT2D eigenvalue weighted by Gasteiger charge is 2.11. The van der Waals surface area contributed by atoms with E-state index in [1.807, 2.05) is 6.92 Å². The summed E-state index contributed by atoms with van der Waals surface area (Å²) in [4.78, 5) is 4.38. The molecule has 1 fully saturated rings. The Kier molecular flexibility index (Phi) is 6.14. The Balaban J connectivity index is 2.39. The van der Waals surface area contributed by atoms with Crippen LogP contribution in [0.2, 0.25) is 0 Å². The third kappa shape index (κ3) is 4.78. The second-order valence-corrected chi connectivity index (χ2v) is 4.09. The van der Waals surface area contributed by atoms with E-state index in [-0.39, 0.29) is 6.04 Å². The molecule has 1 heterocycles. The number of hydrazine groups is 2. The van der Waals surface area contributed by atoms with E-state index in [1.165, 1.54) is 19.3 Å². The lowest BCUT2D eigenvalue weighted by molar-refractivity contribution is 0.180. The molecule has 0 spiro atoms. The molecule has 0 bridgehead atoms. The fraction of sp³-hybridized carbons (Fsp3) is 0.900. The number of nitrogens with two attached hydrogens (primary N) is 1. The summed E-state index contributed by atoms with van der Waals surface area (Å²) in [6.07, 6.45) is 3.75. The van der Waals surface area contributed by atoms with Crippen molar-refractivity contribution in [3.63, 3.8) is 0 Å². The van der Waals surface area contributed by atoms with Crippen LogP contribution in [0, 0.1) is 0 Å². The number of nitrogens with zero attached hydrogens (tertiary/aromatic N) is 2. The molecule has 0 aromatic heterocycles. The van der Waals surface area contributed by atoms with Crippen LogP contribution < -0.4 is 16.7 Å². The highest BCUT2D eigenvalue weighted by molar-refractivity contribution is 5.78. The Morgan fingerprint density at radius 2 is 2.12 bits per heavy atom. The Labute approximate surface area is 97.2 Å². The molecule has 0 radical (unpaired) electrons. The number of nitrogens with one attached hydrogen (secondary N) is 2. The standard InChI is InChI=1S/C10H23N5O/c1-9(8-16-2)12-10(13-11)14-15-6-4-3-5-7-15/h9H,3-8,11H2,1-2H3,(H2,12,13,14). The molecule has 1 aliphatic heterocycles. The van der Waals surface area contributed by atoms with Crippen molar-refractivity contribution < 1.29 is 4.74 Å². The molecule has 6 heteroatoms. The van der Waals surface area contributed by atoms with Gasteiger partial charge in [-0.15, -0.1) is 0 Å². The molecule has 0 saturated carbocycles. The van der Waals surface area contributed by atoms with Gasteiger partial charge in [0.25, 0.3) is 0 Å². The van der Waals surface area contributed by atoms with Crippen molar-refractivity contribution in [2.75, 3.05) is 26.8 Å². The molecule has 0 aromatic rings. The molecule has 0 aliphatic carbocycles. The smallest absolute Gasteiger partial charge is 0.220 e. The van der Waals surface area contributed by atoms with Crippen LogP contribution in [-0.4, -0.2) is 43.8 Å². The summed E-state index contributed by atoms with van der Waals surface area (Å²) >= 11 is 0. The summed E-state index contributed by atoms with van der Waals surface area (Å²) in [5.74, 6) is 6.03. The van der Waals surface area contributed by atoms with Crippen molar-refractivity contribution in [2.45, 2.75) is 32.2 Å². The van der Waals surface area contributed by atoms with Crippen molar-refractivity contribution in [1.29, 1.82) is 0 Å². The largest absolute Gasteiger partial charge is 0.382 e. The second-order valence-electron chi connectivity index (χ2n) is 4.09. The number of hydrogen-bond donors (Lipinski definition) is 3. The molecule has 16 heavy (non-hydrogen) atoms. The summed E-state index contributed by atoms with van der Waals surface area (Å²) in [5, 5.41) is 2.14. The highest BCUT2D eigenvalue weighted by atomic mass is 16.5. The van der Waals surface area contributed by atoms with Crippen LogP contribution in [0.1, 0.15) is 26.2 Å². The fourth-order valence-corrected chi connectivity index (χ4v) is 1.75. The zero-order valence-electron chi connectivity index (χ0n) is 10.2. The molecule has 1 atom stereocenters. The predicted molar refractivity (Wildman–Crippen MR) is 64.7 cm³/mol. The van der Waals surface area contributed by atoms with Crippen LogP contribution in [0.3, 0.4) is 0 Å². The number of ether oxygens (including phenoxy) is 1. The lowest BCUT2D eigenvalue weighted by Crippen LogP contribution is -2.52. The minimum absolute atomic E-state index is 0.0911. The van der Waals surface area contributed by atoms with E-state index < -0.39 is 0 Å². The maximum atomic E-state index is 5.42. The number of methoxy groups -OCH3 is 1. The van der Waals surface area contributed by atoms with Gasteiger partial charge in [-0.1, -0.05) is 6.42 Å². The molecule has 1 rings (SSSR count). The van der Waals surface area contributed by atoms with Crippen molar-refractivity contribution in [2.24, 2.45) is 10.8 Å². The van der Waals surface area contributed by atoms with Crippen molar-refractivity contribution >= 4 is 5.96 Å². The van der Waals surface area contributed by atoms with Gasteiger partial charge in [0.1, 0.15) is 0 Å². The van der Waals surface area contributed by atoms with Crippen LogP contribution in [0.5, 0.6) is 0 Å². The Hall–Kier alpha value is -0.850. The molecule has 1 unspecified atom stereocenters. The summed E-state index contributed by atoms with van der Waals surface area (Å²) in [7, 11) is 1.67. The molecule has 1 aliphatic rings. The van der Waals surface area contributed by atoms with Crippen LogP contribution in [0.25, 0.3) is 0 Å². The highest BCUT2D eigenvalue weighted by Crippen LogP contribution is 2.05. The van der Waals surface area contributed by atoms with Crippen LogP contribution in [0.15, 0.2) is 4.99 Å². The van der Waals surface area contributed by atoms with Gasteiger partial charge in [-0.2, -0.15) is 0 Å². The van der Waals surface area contributed by atoms with Gasteiger partial charge in [0.15, 0.2) is 0 Å². The van der Waals surface area contributed by atoms with Gasteiger partial charge in [-0.3, -0.25) is 10.9 Å². The van der Waals surface area contributed by atoms with E-state index in [0.717, 1.165) is 13.1 Å². The second kappa shape index (κ2) is 7.43. The first-order valence-corrected chi connectivity index (χ1v) is 5.81. The van der Waals surface area contributed by atoms with E-state index in [1.54, 1.807) is 7.11 Å². The van der Waals surface area contributed by atoms with E-state index in [2.05, 4.69) is 20.9 Å². The first kappa shape index (κ1) is 13.2. The number of aliphatic imine (C=N–C) groups is 1. The van der Waals surface area contributed by atoms with Gasteiger partial charge in [0, 0.05) is 20.2 Å². The maximum absolute atomic E-state index is 5.42. The molecule has 1 saturated heterocycles. The van der Waals surface area contributed by atoms with Gasteiger partial charge in [0.05, 0.1) is 12.6 Å². The zero-order chi connectivity index (χ0) is 11.8. The van der Waals surface area contributed by atoms with E-state index in [4.69, 9.17) is 10.6 Å². The Morgan fingerprint density at radius 3 is 2.69 bits per heavy atom. The summed E-state index contributed by atoms with van der Waals surface area (Å²) in [5.41, 5.74) is 5.77. The summed E-state index contributed by atoms with van der Waals surface area (Å²) in [6.45, 7) is 4.66. The van der Waals surface area contributed by atoms with Gasteiger partial charge >= 0.3 is 0 Å². The molecule has 0 amide bonds. The number of guanidine groups is 1. The molecule has 0 aromatic carbocycles. The van der Waals surface area contributed by atoms with Gasteiger partial charge < -0.3 is 4.74 Å². The predicted octanol–water partition coefficient (Wildman–Crippen LogP) is -0.169. The fourth-order valence-electron chi connectivity index (χ4n) is 1.75. The zero-order valence-corrected chi connectivity index (χ0v) is 10.2. The van der Waals surface area contributed by atoms with Gasteiger partial charge in [0.2, 0.25) is 5.96 Å². The molecular weight excluding hydrogens is 206 g/mol. The van der Waals surface area contributed by atoms with Crippen LogP contribution >= 0.6 is 0 Å². The average Bonchev–Trinajstić information content (AvgIpc) is 2.30. The average molecular weight is 229 g/mol. The summed E-state index contributed by atoms with van der Waals surface area (Å²) in [6, 6.07) is 0.0911. The van der Waals surface area contributed by atoms with Crippen molar-refractivity contribution in [1.82, 2.24) is 15.9 Å². The quantitative estimate of drug-likeness (QED) is 0.270. The Morgan fingerprint density at radius 1 is 1.44 bits per heavy atom. The normalized spacial score (nSPS) is 20.6. The number of rotatable bonds is 4. The first-order chi connectivity index (χ1) is 7.76. The van der Waals surface area contributed by atoms with Gasteiger partial charge in [-0.05, 0) is 19.8 Å². The molecule has 94 valence electrons. The maximum Gasteiger partial charge on any atom is 0.220 e. The number of piperidine rings is 1. The van der Waals surface area contributed by atoms with E-state index >= 15 is 0 Å². The lowest BCUT2D eigenvalue weighted by atomic mass is 10.2. The summed E-state index contributed by atoms with van der Waals surface area (Å²) < 4.78 is 5.02. The van der Waals surface area contributed by atoms with E-state index in [9.17, 15) is 0 Å². The molecular formula is C10H23N5O. The first-order valence-electron chi connectivity index (χ1n) is 5.81. The van der Waals surface area contributed by atoms with Crippen LogP contribution in [-0.2, 0) is 4.74 Å². The topological polar surface area (TPSA) is 74.9 Å². The van der Waals surface area contributed by atoms with Gasteiger partial charge in [-0.25, -0.2) is 15.8 Å². The van der Waals surface area contributed by atoms with E-state index in [0.29, 0.717) is 12.6 Å². The Bertz CT molecular complexity index is 215. The van der Waals surface area contributed by atoms with Crippen molar-refractivity contribution in [3.8, 4) is 0 Å². The van der Waals surface area contributed by atoms with Crippen molar-refractivity contribution in [3.05, 3.63) is 0 Å². The number of hydrogen-bond acceptors (Lipinski definition) is 4. The third-order valence-corrected chi connectivity index (χ3v) is 2.51. The molecule has 4 N–H and O–H groups in total. The SMILES string of the molecule is COCC(C)N=C(NN)NN1CCCCC1. The third-order valence-electron chi connectivity index (χ3n) is 2.51. The minimum atomic E-state index is 0.0911. The molecule has 6 nitrogen and oxygen atoms in total. The monoisotopic (exact) mass is 229 g/mol. The minimum Gasteiger partial charge on any atom is -0.382 e. The van der Waals surface area contributed by atoms with Crippen LogP contribution in [0.4, 0.5) is 0 Å².